The molecule has 0 fully saturated rings. The number of thiophene rings is 1. The fraction of sp³-hybridized carbons (Fsp3) is 0.172. The van der Waals surface area contributed by atoms with Crippen molar-refractivity contribution in [3.63, 3.8) is 0 Å². The fourth-order valence-corrected chi connectivity index (χ4v) is 6.11. The summed E-state index contributed by atoms with van der Waals surface area (Å²) in [4.78, 5) is 17.8. The van der Waals surface area contributed by atoms with Crippen molar-refractivity contribution in [1.29, 1.82) is 0 Å². The number of hydrogen-bond donors (Lipinski definition) is 2. The van der Waals surface area contributed by atoms with Gasteiger partial charge in [0.25, 0.3) is 0 Å². The van der Waals surface area contributed by atoms with Gasteiger partial charge >= 0.3 is 0 Å². The lowest BCUT2D eigenvalue weighted by Gasteiger charge is -2.29. The number of benzene rings is 2. The van der Waals surface area contributed by atoms with Crippen molar-refractivity contribution in [3.8, 4) is 39.5 Å². The lowest BCUT2D eigenvalue weighted by molar-refractivity contribution is 0.177. The first-order valence-electron chi connectivity index (χ1n) is 12.1. The molecule has 0 saturated carbocycles. The minimum Gasteiger partial charge on any atom is -0.464 e. The van der Waals surface area contributed by atoms with Crippen LogP contribution in [0.2, 0.25) is 0 Å². The van der Waals surface area contributed by atoms with Crippen molar-refractivity contribution in [2.24, 2.45) is 0 Å². The maximum Gasteiger partial charge on any atom is 0.212 e. The number of hydrogen-bond acceptors (Lipinski definition) is 4. The Morgan fingerprint density at radius 1 is 1.00 bits per heavy atom. The standard InChI is InChI=1S/C29H25N5OS/c1-4-28-31-14-23(33-28)18-6-8-24-20(10-18)11-25-21-7-5-19(22-13-30-15-32-22)12-26(21)35-29(34(24)25)27-9-16(2)17(3)36-27/h5-15,29H,4H2,1-3H3,(H,30,32)(H,31,33). The summed E-state index contributed by atoms with van der Waals surface area (Å²) in [6.45, 7) is 6.45. The van der Waals surface area contributed by atoms with Crippen LogP contribution in [-0.2, 0) is 6.42 Å². The normalized spacial score (nSPS) is 14.6. The van der Waals surface area contributed by atoms with E-state index in [0.717, 1.165) is 57.3 Å². The molecule has 6 nitrogen and oxygen atoms in total. The predicted molar refractivity (Wildman–Crippen MR) is 144 cm³/mol. The quantitative estimate of drug-likeness (QED) is 0.272. The van der Waals surface area contributed by atoms with Crippen molar-refractivity contribution in [2.45, 2.75) is 33.4 Å². The molecular weight excluding hydrogens is 466 g/mol. The highest BCUT2D eigenvalue weighted by Gasteiger charge is 2.30. The van der Waals surface area contributed by atoms with Crippen LogP contribution >= 0.6 is 11.3 Å². The topological polar surface area (TPSA) is 71.5 Å². The van der Waals surface area contributed by atoms with Gasteiger partial charge in [0.2, 0.25) is 6.23 Å². The lowest BCUT2D eigenvalue weighted by atomic mass is 10.0. The Labute approximate surface area is 212 Å². The summed E-state index contributed by atoms with van der Waals surface area (Å²) >= 11 is 1.80. The molecule has 0 saturated heterocycles. The van der Waals surface area contributed by atoms with Gasteiger partial charge < -0.3 is 14.7 Å². The summed E-state index contributed by atoms with van der Waals surface area (Å²) in [5.41, 5.74) is 8.90. The highest BCUT2D eigenvalue weighted by molar-refractivity contribution is 7.12. The first-order chi connectivity index (χ1) is 17.6. The zero-order valence-electron chi connectivity index (χ0n) is 20.3. The van der Waals surface area contributed by atoms with Crippen LogP contribution in [0, 0.1) is 13.8 Å². The number of nitrogens with zero attached hydrogens (tertiary/aromatic N) is 3. The molecule has 7 rings (SSSR count). The summed E-state index contributed by atoms with van der Waals surface area (Å²) < 4.78 is 9.11. The number of fused-ring (bicyclic) bond motifs is 5. The number of aromatic amines is 2. The summed E-state index contributed by atoms with van der Waals surface area (Å²) in [7, 11) is 0. The van der Waals surface area contributed by atoms with E-state index in [1.165, 1.54) is 20.7 Å². The maximum absolute atomic E-state index is 6.77. The van der Waals surface area contributed by atoms with Gasteiger partial charge in [0.15, 0.2) is 0 Å². The Kier molecular flexibility index (Phi) is 4.69. The second kappa shape index (κ2) is 7.96. The molecule has 0 spiro atoms. The van der Waals surface area contributed by atoms with E-state index >= 15 is 0 Å². The molecule has 0 aliphatic carbocycles. The van der Waals surface area contributed by atoms with E-state index in [9.17, 15) is 0 Å². The second-order valence-corrected chi connectivity index (χ2v) is 10.6. The molecule has 178 valence electrons. The third-order valence-electron chi connectivity index (χ3n) is 7.08. The summed E-state index contributed by atoms with van der Waals surface area (Å²) in [6.07, 6.45) is 6.12. The second-order valence-electron chi connectivity index (χ2n) is 9.30. The van der Waals surface area contributed by atoms with E-state index in [2.05, 4.69) is 93.8 Å². The van der Waals surface area contributed by atoms with Crippen LogP contribution in [0.4, 0.5) is 0 Å². The van der Waals surface area contributed by atoms with Crippen molar-refractivity contribution in [1.82, 2.24) is 24.5 Å². The molecule has 1 aliphatic rings. The van der Waals surface area contributed by atoms with E-state index in [1.54, 1.807) is 17.7 Å². The molecule has 0 amide bonds. The lowest BCUT2D eigenvalue weighted by Crippen LogP contribution is -2.21. The molecule has 4 aromatic heterocycles. The smallest absolute Gasteiger partial charge is 0.212 e. The van der Waals surface area contributed by atoms with Crippen LogP contribution in [0.15, 0.2) is 67.3 Å². The van der Waals surface area contributed by atoms with Crippen LogP contribution in [-0.4, -0.2) is 24.5 Å². The van der Waals surface area contributed by atoms with Gasteiger partial charge in [-0.1, -0.05) is 19.1 Å². The van der Waals surface area contributed by atoms with Gasteiger partial charge in [0, 0.05) is 33.4 Å². The Balaban J connectivity index is 1.43. The highest BCUT2D eigenvalue weighted by Crippen LogP contribution is 2.47. The monoisotopic (exact) mass is 491 g/mol. The molecule has 1 unspecified atom stereocenters. The molecule has 0 bridgehead atoms. The SMILES string of the molecule is CCc1ncc(-c2ccc3c(c2)cc2n3C(c3cc(C)c(C)s3)Oc3cc(-c4cnc[nH]4)ccc3-2)[nH]1. The fourth-order valence-electron chi connectivity index (χ4n) is 5.05. The minimum absolute atomic E-state index is 0.232. The van der Waals surface area contributed by atoms with Gasteiger partial charge in [-0.3, -0.25) is 4.57 Å². The van der Waals surface area contributed by atoms with E-state index in [-0.39, 0.29) is 6.23 Å². The predicted octanol–water partition coefficient (Wildman–Crippen LogP) is 7.27. The van der Waals surface area contributed by atoms with Gasteiger partial charge in [0.1, 0.15) is 11.6 Å². The first-order valence-corrected chi connectivity index (χ1v) is 13.0. The van der Waals surface area contributed by atoms with E-state index in [4.69, 9.17) is 4.74 Å². The Morgan fingerprint density at radius 3 is 2.61 bits per heavy atom. The Hall–Kier alpha value is -4.10. The number of ether oxygens (including phenoxy) is 1. The van der Waals surface area contributed by atoms with E-state index in [1.807, 2.05) is 12.4 Å². The van der Waals surface area contributed by atoms with Crippen molar-refractivity contribution in [2.75, 3.05) is 0 Å². The third-order valence-corrected chi connectivity index (χ3v) is 8.26. The van der Waals surface area contributed by atoms with Gasteiger partial charge in [-0.2, -0.15) is 0 Å². The number of H-pyrrole nitrogens is 2. The van der Waals surface area contributed by atoms with E-state index < -0.39 is 0 Å². The molecular formula is C29H25N5OS. The zero-order valence-corrected chi connectivity index (χ0v) is 21.1. The average Bonchev–Trinajstić information content (AvgIpc) is 3.69. The molecule has 1 atom stereocenters. The van der Waals surface area contributed by atoms with Gasteiger partial charge in [-0.15, -0.1) is 11.3 Å². The summed E-state index contributed by atoms with van der Waals surface area (Å²) in [5.74, 6) is 1.88. The molecule has 5 heterocycles. The average molecular weight is 492 g/mol. The van der Waals surface area contributed by atoms with Gasteiger partial charge in [-0.05, 0) is 55.8 Å². The number of nitrogens with one attached hydrogen (secondary N) is 2. The molecule has 7 heteroatoms. The van der Waals surface area contributed by atoms with Crippen molar-refractivity contribution < 1.29 is 4.74 Å². The summed E-state index contributed by atoms with van der Waals surface area (Å²) in [6, 6.07) is 17.6. The first kappa shape index (κ1) is 21.2. The van der Waals surface area contributed by atoms with Crippen LogP contribution in [0.3, 0.4) is 0 Å². The largest absolute Gasteiger partial charge is 0.464 e. The third kappa shape index (κ3) is 3.23. The zero-order chi connectivity index (χ0) is 24.4. The number of rotatable bonds is 4. The van der Waals surface area contributed by atoms with Crippen LogP contribution in [0.1, 0.15) is 34.3 Å². The van der Waals surface area contributed by atoms with Crippen molar-refractivity contribution in [3.05, 3.63) is 88.4 Å². The molecule has 2 aromatic carbocycles. The highest BCUT2D eigenvalue weighted by atomic mass is 32.1. The van der Waals surface area contributed by atoms with E-state index in [0.29, 0.717) is 0 Å². The van der Waals surface area contributed by atoms with Gasteiger partial charge in [0.05, 0.1) is 46.2 Å². The molecule has 2 N–H and O–H groups in total. The maximum atomic E-state index is 6.77. The summed E-state index contributed by atoms with van der Waals surface area (Å²) in [5, 5.41) is 1.18. The molecule has 6 aromatic rings. The van der Waals surface area contributed by atoms with Crippen LogP contribution in [0.5, 0.6) is 5.75 Å². The number of aromatic nitrogens is 5. The molecule has 1 aliphatic heterocycles. The van der Waals surface area contributed by atoms with Crippen molar-refractivity contribution >= 4 is 22.2 Å². The Bertz CT molecular complexity index is 1720. The Morgan fingerprint density at radius 2 is 1.86 bits per heavy atom. The minimum atomic E-state index is -0.232. The molecule has 0 radical (unpaired) electrons. The van der Waals surface area contributed by atoms with Crippen LogP contribution < -0.4 is 4.74 Å². The molecule has 36 heavy (non-hydrogen) atoms. The number of aryl methyl sites for hydroxylation is 3. The van der Waals surface area contributed by atoms with Crippen LogP contribution in [0.25, 0.3) is 44.7 Å². The number of imidazole rings is 2. The van der Waals surface area contributed by atoms with Gasteiger partial charge in [-0.25, -0.2) is 9.97 Å².